The van der Waals surface area contributed by atoms with Crippen molar-refractivity contribution in [2.24, 2.45) is 15.2 Å². The number of nitriles is 1. The molecular formula is C22H25N5OS. The Labute approximate surface area is 175 Å². The van der Waals surface area contributed by atoms with Gasteiger partial charge in [-0.25, -0.2) is 0 Å². The lowest BCUT2D eigenvalue weighted by Crippen LogP contribution is -2.30. The summed E-state index contributed by atoms with van der Waals surface area (Å²) >= 11 is 1.75. The summed E-state index contributed by atoms with van der Waals surface area (Å²) in [7, 11) is 0. The SMILES string of the molecule is C=N/N=C(/C)N1CCN=C(c2ccc(C#N)cc2)c2c1sc(C)c2C.CC(C)=O. The van der Waals surface area contributed by atoms with Gasteiger partial charge in [-0.1, -0.05) is 12.1 Å². The number of carbonyl (C=O) groups is 1. The molecule has 1 aromatic heterocycles. The Hall–Kier alpha value is -3.11. The topological polar surface area (TPSA) is 81.2 Å². The zero-order valence-electron chi connectivity index (χ0n) is 17.5. The van der Waals surface area contributed by atoms with E-state index in [0.717, 1.165) is 34.2 Å². The van der Waals surface area contributed by atoms with E-state index in [2.05, 4.69) is 41.7 Å². The van der Waals surface area contributed by atoms with Crippen LogP contribution in [0.1, 0.15) is 47.9 Å². The number of Topliss-reactive ketones (excluding diaryl/α,β-unsaturated/α-hetero) is 1. The summed E-state index contributed by atoms with van der Waals surface area (Å²) in [6, 6.07) is 9.77. The first kappa shape index (κ1) is 22.2. The largest absolute Gasteiger partial charge is 0.318 e. The number of carbonyl (C=O) groups excluding carboxylic acids is 1. The van der Waals surface area contributed by atoms with Crippen LogP contribution in [-0.2, 0) is 4.79 Å². The molecule has 2 aromatic rings. The number of ketones is 1. The van der Waals surface area contributed by atoms with Gasteiger partial charge in [-0.15, -0.1) is 16.4 Å². The summed E-state index contributed by atoms with van der Waals surface area (Å²) < 4.78 is 0. The molecule has 0 bridgehead atoms. The third kappa shape index (κ3) is 5.24. The Kier molecular flexibility index (Phi) is 7.57. The number of anilines is 1. The highest BCUT2D eigenvalue weighted by Gasteiger charge is 2.26. The molecule has 0 N–H and O–H groups in total. The van der Waals surface area contributed by atoms with E-state index in [4.69, 9.17) is 10.3 Å². The molecule has 1 aromatic carbocycles. The molecule has 0 radical (unpaired) electrons. The third-order valence-electron chi connectivity index (χ3n) is 4.34. The normalized spacial score (nSPS) is 13.3. The van der Waals surface area contributed by atoms with Crippen LogP contribution in [0, 0.1) is 25.2 Å². The number of aryl methyl sites for hydroxylation is 1. The monoisotopic (exact) mass is 407 g/mol. The van der Waals surface area contributed by atoms with Crippen LogP contribution in [0.15, 0.2) is 39.5 Å². The van der Waals surface area contributed by atoms with E-state index < -0.39 is 0 Å². The lowest BCUT2D eigenvalue weighted by Gasteiger charge is -2.21. The number of benzene rings is 1. The molecule has 6 nitrogen and oxygen atoms in total. The number of hydrogen-bond acceptors (Lipinski definition) is 6. The van der Waals surface area contributed by atoms with Crippen molar-refractivity contribution in [2.45, 2.75) is 34.6 Å². The first-order valence-corrected chi connectivity index (χ1v) is 10.0. The molecular weight excluding hydrogens is 382 g/mol. The number of aliphatic imine (C=N–C) groups is 1. The number of thiophene rings is 1. The fourth-order valence-corrected chi connectivity index (χ4v) is 4.15. The minimum Gasteiger partial charge on any atom is -0.318 e. The second-order valence-electron chi connectivity index (χ2n) is 6.73. The molecule has 2 heterocycles. The molecule has 3 rings (SSSR count). The van der Waals surface area contributed by atoms with Gasteiger partial charge >= 0.3 is 0 Å². The molecule has 0 spiro atoms. The standard InChI is InChI=1S/C19H19N5S.C3H6O/c1-12-13(2)25-19-17(12)18(16-7-5-15(11-20)6-8-16)22-9-10-24(19)14(3)23-21-4;1-3(2)4/h5-8H,4,9-10H2,1-3H3;1-2H3/b23-14-;. The van der Waals surface area contributed by atoms with Crippen LogP contribution in [0.5, 0.6) is 0 Å². The maximum absolute atomic E-state index is 9.44. The zero-order chi connectivity index (χ0) is 21.6. The van der Waals surface area contributed by atoms with Gasteiger partial charge in [-0.3, -0.25) is 4.99 Å². The number of hydrogen-bond donors (Lipinski definition) is 0. The smallest absolute Gasteiger partial charge is 0.129 e. The van der Waals surface area contributed by atoms with Gasteiger partial charge < -0.3 is 9.69 Å². The Bertz CT molecular complexity index is 1010. The Morgan fingerprint density at radius 1 is 1.24 bits per heavy atom. The number of nitrogens with zero attached hydrogens (tertiary/aromatic N) is 5. The molecule has 0 atom stereocenters. The summed E-state index contributed by atoms with van der Waals surface area (Å²) in [5, 5.41) is 18.0. The van der Waals surface area contributed by atoms with Crippen LogP contribution in [0.4, 0.5) is 5.00 Å². The molecule has 7 heteroatoms. The number of rotatable bonds is 2. The highest BCUT2D eigenvalue weighted by Crippen LogP contribution is 2.38. The first-order valence-electron chi connectivity index (χ1n) is 9.20. The van der Waals surface area contributed by atoms with E-state index in [1.807, 2.05) is 31.2 Å². The van der Waals surface area contributed by atoms with Crippen molar-refractivity contribution in [1.29, 1.82) is 5.26 Å². The summed E-state index contributed by atoms with van der Waals surface area (Å²) in [5.41, 5.74) is 5.03. The molecule has 0 amide bonds. The van der Waals surface area contributed by atoms with E-state index >= 15 is 0 Å². The van der Waals surface area contributed by atoms with Crippen LogP contribution in [0.2, 0.25) is 0 Å². The molecule has 1 aliphatic rings. The summed E-state index contributed by atoms with van der Waals surface area (Å²) in [6.45, 7) is 14.1. The molecule has 0 fully saturated rings. The van der Waals surface area contributed by atoms with Crippen molar-refractivity contribution in [3.05, 3.63) is 51.4 Å². The fourth-order valence-electron chi connectivity index (χ4n) is 2.92. The van der Waals surface area contributed by atoms with E-state index in [0.29, 0.717) is 12.1 Å². The van der Waals surface area contributed by atoms with Crippen LogP contribution >= 0.6 is 11.3 Å². The Morgan fingerprint density at radius 3 is 2.41 bits per heavy atom. The van der Waals surface area contributed by atoms with Gasteiger partial charge in [0.15, 0.2) is 0 Å². The molecule has 29 heavy (non-hydrogen) atoms. The van der Waals surface area contributed by atoms with Crippen molar-refractivity contribution in [1.82, 2.24) is 0 Å². The van der Waals surface area contributed by atoms with Gasteiger partial charge in [0.1, 0.15) is 16.6 Å². The molecule has 0 unspecified atom stereocenters. The Balaban J connectivity index is 0.000000687. The highest BCUT2D eigenvalue weighted by atomic mass is 32.1. The third-order valence-corrected chi connectivity index (χ3v) is 5.57. The van der Waals surface area contributed by atoms with Crippen molar-refractivity contribution >= 4 is 40.4 Å². The number of fused-ring (bicyclic) bond motifs is 1. The number of amidine groups is 1. The molecule has 150 valence electrons. The van der Waals surface area contributed by atoms with Gasteiger partial charge in [-0.2, -0.15) is 10.4 Å². The molecule has 0 saturated carbocycles. The van der Waals surface area contributed by atoms with Gasteiger partial charge in [0.2, 0.25) is 0 Å². The summed E-state index contributed by atoms with van der Waals surface area (Å²) in [5.74, 6) is 0.980. The average molecular weight is 408 g/mol. The van der Waals surface area contributed by atoms with Crippen molar-refractivity contribution in [3.63, 3.8) is 0 Å². The van der Waals surface area contributed by atoms with Crippen LogP contribution in [0.3, 0.4) is 0 Å². The fraction of sp³-hybridized carbons (Fsp3) is 0.318. The molecule has 0 saturated heterocycles. The minimum atomic E-state index is 0.167. The van der Waals surface area contributed by atoms with Gasteiger partial charge in [0.25, 0.3) is 0 Å². The van der Waals surface area contributed by atoms with Crippen molar-refractivity contribution in [3.8, 4) is 6.07 Å². The van der Waals surface area contributed by atoms with Crippen molar-refractivity contribution in [2.75, 3.05) is 18.0 Å². The predicted molar refractivity (Wildman–Crippen MR) is 122 cm³/mol. The van der Waals surface area contributed by atoms with E-state index in [1.54, 1.807) is 11.3 Å². The summed E-state index contributed by atoms with van der Waals surface area (Å²) in [6.07, 6.45) is 0. The van der Waals surface area contributed by atoms with Crippen molar-refractivity contribution < 1.29 is 4.79 Å². The second-order valence-corrected chi connectivity index (χ2v) is 7.93. The van der Waals surface area contributed by atoms with Gasteiger partial charge in [-0.05, 0) is 52.3 Å². The van der Waals surface area contributed by atoms with E-state index in [-0.39, 0.29) is 5.78 Å². The quantitative estimate of drug-likeness (QED) is 0.417. The zero-order valence-corrected chi connectivity index (χ0v) is 18.3. The van der Waals surface area contributed by atoms with E-state index in [1.165, 1.54) is 24.3 Å². The van der Waals surface area contributed by atoms with Gasteiger partial charge in [0, 0.05) is 29.3 Å². The predicted octanol–water partition coefficient (Wildman–Crippen LogP) is 4.52. The lowest BCUT2D eigenvalue weighted by molar-refractivity contribution is -0.114. The molecule has 0 aliphatic carbocycles. The maximum Gasteiger partial charge on any atom is 0.129 e. The van der Waals surface area contributed by atoms with Gasteiger partial charge in [0.05, 0.1) is 23.9 Å². The van der Waals surface area contributed by atoms with Crippen LogP contribution < -0.4 is 4.90 Å². The van der Waals surface area contributed by atoms with Crippen LogP contribution in [-0.4, -0.2) is 37.1 Å². The lowest BCUT2D eigenvalue weighted by atomic mass is 9.99. The maximum atomic E-state index is 9.44. The first-order chi connectivity index (χ1) is 13.8. The van der Waals surface area contributed by atoms with Crippen LogP contribution in [0.25, 0.3) is 0 Å². The average Bonchev–Trinajstić information content (AvgIpc) is 2.86. The molecule has 1 aliphatic heterocycles. The second kappa shape index (κ2) is 9.89. The van der Waals surface area contributed by atoms with E-state index in [9.17, 15) is 4.79 Å². The summed E-state index contributed by atoms with van der Waals surface area (Å²) in [4.78, 5) is 17.7. The minimum absolute atomic E-state index is 0.167. The highest BCUT2D eigenvalue weighted by molar-refractivity contribution is 7.17. The Morgan fingerprint density at radius 2 is 1.86 bits per heavy atom.